The third kappa shape index (κ3) is 5.14. The van der Waals surface area contributed by atoms with Crippen molar-refractivity contribution in [1.82, 2.24) is 5.32 Å². The van der Waals surface area contributed by atoms with Crippen LogP contribution < -0.4 is 5.32 Å². The first-order chi connectivity index (χ1) is 7.10. The van der Waals surface area contributed by atoms with Gasteiger partial charge in [0.2, 0.25) is 0 Å². The molecule has 0 radical (unpaired) electrons. The molecule has 90 valence electrons. The Labute approximate surface area is 92.3 Å². The lowest BCUT2D eigenvalue weighted by atomic mass is 10.0. The van der Waals surface area contributed by atoms with E-state index in [2.05, 4.69) is 12.2 Å². The van der Waals surface area contributed by atoms with Gasteiger partial charge in [-0.05, 0) is 26.3 Å². The van der Waals surface area contributed by atoms with E-state index in [1.54, 1.807) is 0 Å². The third-order valence-electron chi connectivity index (χ3n) is 2.14. The number of ether oxygens (including phenoxy) is 2. The number of carbonyl (C=O) groups excluding carboxylic acids is 1. The molecule has 0 aliphatic carbocycles. The van der Waals surface area contributed by atoms with Crippen molar-refractivity contribution in [1.29, 1.82) is 0 Å². The topological polar surface area (TPSA) is 47.6 Å². The molecular formula is C11H23NO3. The smallest absolute Gasteiger partial charge is 0.328 e. The molecule has 0 fully saturated rings. The quantitative estimate of drug-likeness (QED) is 0.492. The molecule has 4 heteroatoms. The fourth-order valence-corrected chi connectivity index (χ4v) is 1.23. The average molecular weight is 217 g/mol. The van der Waals surface area contributed by atoms with E-state index in [0.29, 0.717) is 13.2 Å². The second kappa shape index (κ2) is 7.65. The maximum Gasteiger partial charge on any atom is 0.328 e. The van der Waals surface area contributed by atoms with Crippen LogP contribution in [0.25, 0.3) is 0 Å². The van der Waals surface area contributed by atoms with Crippen LogP contribution in [0.1, 0.15) is 33.6 Å². The normalized spacial score (nSPS) is 14.7. The van der Waals surface area contributed by atoms with E-state index in [0.717, 1.165) is 19.4 Å². The molecule has 0 aromatic carbocycles. The molecule has 0 aliphatic heterocycles. The van der Waals surface area contributed by atoms with Gasteiger partial charge in [0.15, 0.2) is 0 Å². The summed E-state index contributed by atoms with van der Waals surface area (Å²) < 4.78 is 10.2. The molecular weight excluding hydrogens is 194 g/mol. The second-order valence-corrected chi connectivity index (χ2v) is 3.80. The van der Waals surface area contributed by atoms with Gasteiger partial charge in [-0.25, -0.2) is 4.79 Å². The molecule has 4 nitrogen and oxygen atoms in total. The van der Waals surface area contributed by atoms with E-state index in [1.807, 2.05) is 13.8 Å². The van der Waals surface area contributed by atoms with Crippen LogP contribution in [0.2, 0.25) is 0 Å². The summed E-state index contributed by atoms with van der Waals surface area (Å²) in [6.45, 7) is 7.70. The minimum atomic E-state index is -0.722. The zero-order valence-electron chi connectivity index (χ0n) is 10.3. The Morgan fingerprint density at radius 2 is 2.00 bits per heavy atom. The zero-order chi connectivity index (χ0) is 11.7. The molecule has 0 spiro atoms. The molecule has 1 N–H and O–H groups in total. The van der Waals surface area contributed by atoms with Gasteiger partial charge in [0.25, 0.3) is 0 Å². The van der Waals surface area contributed by atoms with Crippen LogP contribution in [0.15, 0.2) is 0 Å². The highest BCUT2D eigenvalue weighted by atomic mass is 16.5. The summed E-state index contributed by atoms with van der Waals surface area (Å²) in [5.74, 6) is -0.271. The van der Waals surface area contributed by atoms with Crippen molar-refractivity contribution in [2.24, 2.45) is 0 Å². The predicted octanol–water partition coefficient (Wildman–Crippen LogP) is 1.34. The summed E-state index contributed by atoms with van der Waals surface area (Å²) in [4.78, 5) is 11.6. The highest BCUT2D eigenvalue weighted by Crippen LogP contribution is 2.07. The van der Waals surface area contributed by atoms with Gasteiger partial charge in [0, 0.05) is 6.61 Å². The van der Waals surface area contributed by atoms with Crippen LogP contribution in [0, 0.1) is 0 Å². The molecule has 0 aromatic rings. The van der Waals surface area contributed by atoms with Crippen LogP contribution in [0.4, 0.5) is 0 Å². The SMILES string of the molecule is CCCNC(C)(COCCC)C(=O)OC. The molecule has 0 heterocycles. The molecule has 1 unspecified atom stereocenters. The monoisotopic (exact) mass is 217 g/mol. The highest BCUT2D eigenvalue weighted by molar-refractivity contribution is 5.80. The van der Waals surface area contributed by atoms with E-state index < -0.39 is 5.54 Å². The molecule has 15 heavy (non-hydrogen) atoms. The number of hydrogen-bond acceptors (Lipinski definition) is 4. The molecule has 0 amide bonds. The van der Waals surface area contributed by atoms with Crippen molar-refractivity contribution in [2.45, 2.75) is 39.2 Å². The zero-order valence-corrected chi connectivity index (χ0v) is 10.3. The maximum atomic E-state index is 11.6. The Kier molecular flexibility index (Phi) is 7.34. The Morgan fingerprint density at radius 3 is 2.47 bits per heavy atom. The van der Waals surface area contributed by atoms with Gasteiger partial charge in [-0.2, -0.15) is 0 Å². The molecule has 1 atom stereocenters. The van der Waals surface area contributed by atoms with E-state index >= 15 is 0 Å². The number of nitrogens with one attached hydrogen (secondary N) is 1. The lowest BCUT2D eigenvalue weighted by molar-refractivity contribution is -0.150. The first kappa shape index (κ1) is 14.4. The van der Waals surface area contributed by atoms with Crippen LogP contribution >= 0.6 is 0 Å². The first-order valence-electron chi connectivity index (χ1n) is 5.52. The van der Waals surface area contributed by atoms with Crippen molar-refractivity contribution in [3.63, 3.8) is 0 Å². The minimum absolute atomic E-state index is 0.271. The van der Waals surface area contributed by atoms with Crippen molar-refractivity contribution in [3.8, 4) is 0 Å². The maximum absolute atomic E-state index is 11.6. The van der Waals surface area contributed by atoms with Crippen LogP contribution in [-0.2, 0) is 14.3 Å². The Balaban J connectivity index is 4.20. The molecule has 0 aliphatic rings. The number of esters is 1. The number of hydrogen-bond donors (Lipinski definition) is 1. The van der Waals surface area contributed by atoms with Gasteiger partial charge in [-0.1, -0.05) is 13.8 Å². The minimum Gasteiger partial charge on any atom is -0.468 e. The van der Waals surface area contributed by atoms with Crippen molar-refractivity contribution in [2.75, 3.05) is 26.9 Å². The van der Waals surface area contributed by atoms with Gasteiger partial charge in [-0.3, -0.25) is 0 Å². The third-order valence-corrected chi connectivity index (χ3v) is 2.14. The Bertz CT molecular complexity index is 185. The number of methoxy groups -OCH3 is 1. The predicted molar refractivity (Wildman–Crippen MR) is 59.8 cm³/mol. The summed E-state index contributed by atoms with van der Waals surface area (Å²) in [6, 6.07) is 0. The second-order valence-electron chi connectivity index (χ2n) is 3.80. The molecule has 0 saturated heterocycles. The fourth-order valence-electron chi connectivity index (χ4n) is 1.23. The summed E-state index contributed by atoms with van der Waals surface area (Å²) in [6.07, 6.45) is 1.92. The average Bonchev–Trinajstić information content (AvgIpc) is 2.25. The van der Waals surface area contributed by atoms with Gasteiger partial charge in [-0.15, -0.1) is 0 Å². The van der Waals surface area contributed by atoms with Crippen LogP contribution in [0.3, 0.4) is 0 Å². The van der Waals surface area contributed by atoms with Crippen molar-refractivity contribution >= 4 is 5.97 Å². The summed E-state index contributed by atoms with van der Waals surface area (Å²) in [5, 5.41) is 3.16. The van der Waals surface area contributed by atoms with E-state index in [9.17, 15) is 4.79 Å². The van der Waals surface area contributed by atoms with Crippen molar-refractivity contribution in [3.05, 3.63) is 0 Å². The van der Waals surface area contributed by atoms with Gasteiger partial charge >= 0.3 is 5.97 Å². The Morgan fingerprint density at radius 1 is 1.33 bits per heavy atom. The van der Waals surface area contributed by atoms with E-state index in [1.165, 1.54) is 7.11 Å². The largest absolute Gasteiger partial charge is 0.468 e. The number of rotatable bonds is 8. The van der Waals surface area contributed by atoms with E-state index in [4.69, 9.17) is 9.47 Å². The van der Waals surface area contributed by atoms with E-state index in [-0.39, 0.29) is 5.97 Å². The van der Waals surface area contributed by atoms with Crippen molar-refractivity contribution < 1.29 is 14.3 Å². The lowest BCUT2D eigenvalue weighted by Gasteiger charge is -2.27. The molecule has 0 aromatic heterocycles. The molecule has 0 bridgehead atoms. The molecule has 0 rings (SSSR count). The highest BCUT2D eigenvalue weighted by Gasteiger charge is 2.33. The van der Waals surface area contributed by atoms with Gasteiger partial charge in [0.05, 0.1) is 13.7 Å². The summed E-state index contributed by atoms with van der Waals surface area (Å²) in [5.41, 5.74) is -0.722. The van der Waals surface area contributed by atoms with Crippen LogP contribution in [-0.4, -0.2) is 38.4 Å². The summed E-state index contributed by atoms with van der Waals surface area (Å²) >= 11 is 0. The molecule has 0 saturated carbocycles. The van der Waals surface area contributed by atoms with Gasteiger partial charge < -0.3 is 14.8 Å². The Hall–Kier alpha value is -0.610. The first-order valence-corrected chi connectivity index (χ1v) is 5.52. The lowest BCUT2D eigenvalue weighted by Crippen LogP contribution is -2.54. The summed E-state index contributed by atoms with van der Waals surface area (Å²) in [7, 11) is 1.40. The van der Waals surface area contributed by atoms with Crippen LogP contribution in [0.5, 0.6) is 0 Å². The fraction of sp³-hybridized carbons (Fsp3) is 0.909. The standard InChI is InChI=1S/C11H23NO3/c1-5-7-12-11(3,10(13)14-4)9-15-8-6-2/h12H,5-9H2,1-4H3. The number of carbonyl (C=O) groups is 1. The van der Waals surface area contributed by atoms with Gasteiger partial charge in [0.1, 0.15) is 5.54 Å².